The van der Waals surface area contributed by atoms with Crippen molar-refractivity contribution in [3.8, 4) is 0 Å². The number of likely N-dealkylation sites (tertiary alicyclic amines) is 1. The lowest BCUT2D eigenvalue weighted by atomic mass is 10.1. The minimum atomic E-state index is 0.496. The smallest absolute Gasteiger partial charge is 0.0707 e. The van der Waals surface area contributed by atoms with E-state index in [0.717, 1.165) is 32.2 Å². The second-order valence-electron chi connectivity index (χ2n) is 6.62. The molecule has 3 aliphatic rings. The summed E-state index contributed by atoms with van der Waals surface area (Å²) in [6, 6.07) is 9.93. The number of rotatable bonds is 5. The summed E-state index contributed by atoms with van der Waals surface area (Å²) >= 11 is 0. The van der Waals surface area contributed by atoms with E-state index >= 15 is 0 Å². The number of morpholine rings is 1. The SMILES string of the molecule is c1cc(CN2CC3CCC(C2)O3)ccc1CNC1CC1. The Kier molecular flexibility index (Phi) is 3.51. The summed E-state index contributed by atoms with van der Waals surface area (Å²) in [5.41, 5.74) is 2.84. The van der Waals surface area contributed by atoms with Crippen molar-refractivity contribution in [2.75, 3.05) is 13.1 Å². The van der Waals surface area contributed by atoms with E-state index in [9.17, 15) is 0 Å². The van der Waals surface area contributed by atoms with Gasteiger partial charge in [-0.3, -0.25) is 4.90 Å². The molecule has 1 aliphatic carbocycles. The zero-order valence-electron chi connectivity index (χ0n) is 12.1. The van der Waals surface area contributed by atoms with Crippen LogP contribution >= 0.6 is 0 Å². The molecule has 2 heterocycles. The molecule has 0 aromatic heterocycles. The summed E-state index contributed by atoms with van der Waals surface area (Å²) in [7, 11) is 0. The third kappa shape index (κ3) is 3.05. The number of hydrogen-bond acceptors (Lipinski definition) is 3. The van der Waals surface area contributed by atoms with E-state index < -0.39 is 0 Å². The molecule has 2 bridgehead atoms. The van der Waals surface area contributed by atoms with E-state index in [1.807, 2.05) is 0 Å². The van der Waals surface area contributed by atoms with Gasteiger partial charge in [0.05, 0.1) is 12.2 Å². The predicted octanol–water partition coefficient (Wildman–Crippen LogP) is 2.30. The highest BCUT2D eigenvalue weighted by Gasteiger charge is 2.33. The van der Waals surface area contributed by atoms with Crippen LogP contribution in [0.3, 0.4) is 0 Å². The van der Waals surface area contributed by atoms with Crippen LogP contribution in [-0.4, -0.2) is 36.2 Å². The van der Waals surface area contributed by atoms with Gasteiger partial charge in [0.1, 0.15) is 0 Å². The van der Waals surface area contributed by atoms with E-state index in [1.54, 1.807) is 0 Å². The van der Waals surface area contributed by atoms with Crippen molar-refractivity contribution in [3.63, 3.8) is 0 Å². The van der Waals surface area contributed by atoms with E-state index in [1.165, 1.54) is 36.8 Å². The summed E-state index contributed by atoms with van der Waals surface area (Å²) < 4.78 is 5.89. The molecular weight excluding hydrogens is 248 g/mol. The van der Waals surface area contributed by atoms with Crippen LogP contribution in [0.15, 0.2) is 24.3 Å². The Balaban J connectivity index is 1.31. The zero-order chi connectivity index (χ0) is 13.4. The Morgan fingerprint density at radius 1 is 0.950 bits per heavy atom. The first-order valence-electron chi connectivity index (χ1n) is 8.04. The van der Waals surface area contributed by atoms with Gasteiger partial charge in [-0.1, -0.05) is 24.3 Å². The first kappa shape index (κ1) is 12.8. The second kappa shape index (κ2) is 5.47. The fraction of sp³-hybridized carbons (Fsp3) is 0.647. The maximum Gasteiger partial charge on any atom is 0.0707 e. The van der Waals surface area contributed by atoms with Crippen LogP contribution in [-0.2, 0) is 17.8 Å². The molecule has 4 rings (SSSR count). The van der Waals surface area contributed by atoms with Crippen molar-refractivity contribution in [1.82, 2.24) is 10.2 Å². The summed E-state index contributed by atoms with van der Waals surface area (Å²) in [6.45, 7) is 4.32. The topological polar surface area (TPSA) is 24.5 Å². The van der Waals surface area contributed by atoms with Gasteiger partial charge in [-0.15, -0.1) is 0 Å². The molecule has 0 spiro atoms. The van der Waals surface area contributed by atoms with E-state index in [2.05, 4.69) is 34.5 Å². The van der Waals surface area contributed by atoms with Crippen LogP contribution in [0.1, 0.15) is 36.8 Å². The number of benzene rings is 1. The van der Waals surface area contributed by atoms with Gasteiger partial charge in [0.15, 0.2) is 0 Å². The van der Waals surface area contributed by atoms with Gasteiger partial charge in [-0.2, -0.15) is 0 Å². The van der Waals surface area contributed by atoms with Crippen molar-refractivity contribution in [2.24, 2.45) is 0 Å². The molecule has 0 amide bonds. The van der Waals surface area contributed by atoms with Gasteiger partial charge in [0.2, 0.25) is 0 Å². The van der Waals surface area contributed by atoms with Crippen LogP contribution in [0.5, 0.6) is 0 Å². The largest absolute Gasteiger partial charge is 0.372 e. The summed E-state index contributed by atoms with van der Waals surface area (Å²) in [5, 5.41) is 3.57. The number of hydrogen-bond donors (Lipinski definition) is 1. The first-order valence-corrected chi connectivity index (χ1v) is 8.04. The van der Waals surface area contributed by atoms with Crippen LogP contribution in [0.2, 0.25) is 0 Å². The van der Waals surface area contributed by atoms with Gasteiger partial charge < -0.3 is 10.1 Å². The zero-order valence-corrected chi connectivity index (χ0v) is 12.1. The molecule has 3 heteroatoms. The monoisotopic (exact) mass is 272 g/mol. The number of nitrogens with zero attached hydrogens (tertiary/aromatic N) is 1. The summed E-state index contributed by atoms with van der Waals surface area (Å²) in [6.07, 6.45) is 6.22. The van der Waals surface area contributed by atoms with Crippen molar-refractivity contribution in [2.45, 2.75) is 57.0 Å². The molecule has 3 fully saturated rings. The Morgan fingerprint density at radius 2 is 1.60 bits per heavy atom. The van der Waals surface area contributed by atoms with Gasteiger partial charge in [-0.05, 0) is 36.8 Å². The normalized spacial score (nSPS) is 29.8. The molecule has 2 aliphatic heterocycles. The maximum atomic E-state index is 5.89. The van der Waals surface area contributed by atoms with Gasteiger partial charge >= 0.3 is 0 Å². The predicted molar refractivity (Wildman–Crippen MR) is 79.5 cm³/mol. The maximum absolute atomic E-state index is 5.89. The Labute approximate surface area is 121 Å². The number of nitrogens with one attached hydrogen (secondary N) is 1. The molecule has 1 aromatic rings. The van der Waals surface area contributed by atoms with Crippen LogP contribution in [0.25, 0.3) is 0 Å². The quantitative estimate of drug-likeness (QED) is 0.890. The third-order valence-corrected chi connectivity index (χ3v) is 4.72. The average Bonchev–Trinajstić information content (AvgIpc) is 3.23. The fourth-order valence-corrected chi connectivity index (χ4v) is 3.40. The lowest BCUT2D eigenvalue weighted by molar-refractivity contribution is -0.0410. The molecule has 108 valence electrons. The molecule has 1 saturated carbocycles. The molecule has 3 nitrogen and oxygen atoms in total. The first-order chi connectivity index (χ1) is 9.85. The second-order valence-corrected chi connectivity index (χ2v) is 6.62. The van der Waals surface area contributed by atoms with E-state index in [-0.39, 0.29) is 0 Å². The van der Waals surface area contributed by atoms with Crippen molar-refractivity contribution >= 4 is 0 Å². The minimum Gasteiger partial charge on any atom is -0.372 e. The molecular formula is C17H24N2O. The van der Waals surface area contributed by atoms with Crippen LogP contribution < -0.4 is 5.32 Å². The minimum absolute atomic E-state index is 0.496. The fourth-order valence-electron chi connectivity index (χ4n) is 3.40. The highest BCUT2D eigenvalue weighted by atomic mass is 16.5. The summed E-state index contributed by atoms with van der Waals surface area (Å²) in [4.78, 5) is 2.56. The number of fused-ring (bicyclic) bond motifs is 2. The van der Waals surface area contributed by atoms with Crippen molar-refractivity contribution in [3.05, 3.63) is 35.4 Å². The Morgan fingerprint density at radius 3 is 2.25 bits per heavy atom. The molecule has 2 unspecified atom stereocenters. The molecule has 1 N–H and O–H groups in total. The van der Waals surface area contributed by atoms with Crippen LogP contribution in [0.4, 0.5) is 0 Å². The number of ether oxygens (including phenoxy) is 1. The van der Waals surface area contributed by atoms with Gasteiger partial charge in [0, 0.05) is 32.2 Å². The highest BCUT2D eigenvalue weighted by Crippen LogP contribution is 2.27. The highest BCUT2D eigenvalue weighted by molar-refractivity contribution is 5.22. The van der Waals surface area contributed by atoms with Crippen molar-refractivity contribution in [1.29, 1.82) is 0 Å². The van der Waals surface area contributed by atoms with Gasteiger partial charge in [0.25, 0.3) is 0 Å². The molecule has 2 atom stereocenters. The van der Waals surface area contributed by atoms with E-state index in [4.69, 9.17) is 4.74 Å². The standard InChI is InChI=1S/C17H24N2O/c1-3-14(4-2-13(1)9-18-15-5-6-15)10-19-11-16-7-8-17(12-19)20-16/h1-4,15-18H,5-12H2. The molecule has 2 saturated heterocycles. The average molecular weight is 272 g/mol. The van der Waals surface area contributed by atoms with Gasteiger partial charge in [-0.25, -0.2) is 0 Å². The molecule has 20 heavy (non-hydrogen) atoms. The molecule has 0 radical (unpaired) electrons. The Bertz CT molecular complexity index is 443. The Hall–Kier alpha value is -0.900. The molecule has 1 aromatic carbocycles. The third-order valence-electron chi connectivity index (χ3n) is 4.72. The lowest BCUT2D eigenvalue weighted by Gasteiger charge is -2.32. The summed E-state index contributed by atoms with van der Waals surface area (Å²) in [5.74, 6) is 0. The van der Waals surface area contributed by atoms with E-state index in [0.29, 0.717) is 12.2 Å². The van der Waals surface area contributed by atoms with Crippen molar-refractivity contribution < 1.29 is 4.74 Å². The van der Waals surface area contributed by atoms with Crippen LogP contribution in [0, 0.1) is 0 Å². The lowest BCUT2D eigenvalue weighted by Crippen LogP contribution is -2.41.